The minimum Gasteiger partial charge on any atom is -0.460 e. The molecule has 3 aromatic carbocycles. The van der Waals surface area contributed by atoms with Crippen molar-refractivity contribution < 1.29 is 30.4 Å². The first kappa shape index (κ1) is 37.4. The number of esters is 1. The summed E-state index contributed by atoms with van der Waals surface area (Å²) in [5.41, 5.74) is 0. The average molecular weight is 775 g/mol. The molecule has 0 aliphatic heterocycles. The van der Waals surface area contributed by atoms with E-state index in [0.29, 0.717) is 27.5 Å². The Bertz CT molecular complexity index is 1260. The lowest BCUT2D eigenvalue weighted by atomic mass is 10.0. The van der Waals surface area contributed by atoms with Gasteiger partial charge in [-0.1, -0.05) is 148 Å². The largest absolute Gasteiger partial charge is 0.466 e. The maximum atomic E-state index is 15.4. The standard InChI is InChI=1S/C35H45F2IO5S2/c36-35(37,34(39)42-30-22-11-9-7-5-3-1-2-4-6-8-10-21-29-38)45(40,41)43-44(31-23-15-12-16-24-31,32-25-17-13-18-26-32)33-27-19-14-20-28-33/h12-20,23-28H,1-11,21-22,29-30H2. The molecule has 0 fully saturated rings. The molecule has 0 spiro atoms. The van der Waals surface area contributed by atoms with Crippen molar-refractivity contribution in [2.75, 3.05) is 11.0 Å². The number of hydrogen-bond donors (Lipinski definition) is 0. The first-order valence-corrected chi connectivity index (χ1v) is 20.3. The fourth-order valence-corrected chi connectivity index (χ4v) is 10.6. The van der Waals surface area contributed by atoms with E-state index >= 15 is 8.78 Å². The molecule has 3 rings (SSSR count). The van der Waals surface area contributed by atoms with Gasteiger partial charge in [0.05, 0.1) is 6.61 Å². The van der Waals surface area contributed by atoms with Gasteiger partial charge in [0.1, 0.15) is 0 Å². The van der Waals surface area contributed by atoms with Gasteiger partial charge >= 0.3 is 21.3 Å². The van der Waals surface area contributed by atoms with Crippen LogP contribution in [0.5, 0.6) is 0 Å². The molecule has 0 bridgehead atoms. The molecule has 0 saturated heterocycles. The van der Waals surface area contributed by atoms with Gasteiger partial charge < -0.3 is 4.74 Å². The van der Waals surface area contributed by atoms with Crippen molar-refractivity contribution in [2.24, 2.45) is 0 Å². The van der Waals surface area contributed by atoms with Gasteiger partial charge in [-0.15, -0.1) is 0 Å². The zero-order valence-electron chi connectivity index (χ0n) is 25.8. The van der Waals surface area contributed by atoms with E-state index in [1.165, 1.54) is 55.8 Å². The van der Waals surface area contributed by atoms with Crippen LogP contribution in [0, 0.1) is 0 Å². The molecule has 5 nitrogen and oxygen atoms in total. The third-order valence-electron chi connectivity index (χ3n) is 7.48. The molecule has 3 aromatic rings. The van der Waals surface area contributed by atoms with Crippen LogP contribution in [0.2, 0.25) is 0 Å². The lowest BCUT2D eigenvalue weighted by Gasteiger charge is -2.39. The molecule has 0 saturated carbocycles. The Labute approximate surface area is 283 Å². The number of benzene rings is 3. The number of unbranched alkanes of at least 4 members (excludes halogenated alkanes) is 12. The highest BCUT2D eigenvalue weighted by Gasteiger charge is 2.58. The predicted molar refractivity (Wildman–Crippen MR) is 187 cm³/mol. The summed E-state index contributed by atoms with van der Waals surface area (Å²) in [6, 6.07) is 25.1. The van der Waals surface area contributed by atoms with E-state index in [2.05, 4.69) is 22.6 Å². The van der Waals surface area contributed by atoms with Gasteiger partial charge in [0.25, 0.3) is 0 Å². The highest BCUT2D eigenvalue weighted by Crippen LogP contribution is 2.70. The van der Waals surface area contributed by atoms with Crippen molar-refractivity contribution in [3.8, 4) is 0 Å². The fraction of sp³-hybridized carbons (Fsp3) is 0.457. The van der Waals surface area contributed by atoms with E-state index in [1.807, 2.05) is 0 Å². The lowest BCUT2D eigenvalue weighted by molar-refractivity contribution is -0.161. The number of rotatable bonds is 22. The van der Waals surface area contributed by atoms with Crippen LogP contribution in [0.4, 0.5) is 8.78 Å². The first-order chi connectivity index (χ1) is 21.8. The van der Waals surface area contributed by atoms with E-state index in [0.717, 1.165) is 19.3 Å². The van der Waals surface area contributed by atoms with Gasteiger partial charge in [0, 0.05) is 14.7 Å². The van der Waals surface area contributed by atoms with Crippen LogP contribution in [0.3, 0.4) is 0 Å². The highest BCUT2D eigenvalue weighted by molar-refractivity contribution is 14.1. The zero-order chi connectivity index (χ0) is 32.4. The number of ether oxygens (including phenoxy) is 1. The monoisotopic (exact) mass is 774 g/mol. The molecule has 0 aromatic heterocycles. The minimum absolute atomic E-state index is 0.282. The normalized spacial score (nSPS) is 12.6. The lowest BCUT2D eigenvalue weighted by Crippen LogP contribution is -2.41. The second-order valence-electron chi connectivity index (χ2n) is 11.0. The summed E-state index contributed by atoms with van der Waals surface area (Å²) in [6.07, 6.45) is 14.4. The zero-order valence-corrected chi connectivity index (χ0v) is 29.5. The van der Waals surface area contributed by atoms with Gasteiger partial charge in [-0.3, -0.25) is 0 Å². The molecule has 10 heteroatoms. The van der Waals surface area contributed by atoms with Crippen LogP contribution >= 0.6 is 32.9 Å². The van der Waals surface area contributed by atoms with Gasteiger partial charge in [0.2, 0.25) is 0 Å². The van der Waals surface area contributed by atoms with Crippen LogP contribution in [-0.2, 0) is 23.3 Å². The van der Waals surface area contributed by atoms with E-state index in [9.17, 15) is 13.2 Å². The topological polar surface area (TPSA) is 69.7 Å². The van der Waals surface area contributed by atoms with E-state index < -0.39 is 31.7 Å². The molecule has 0 aliphatic carbocycles. The van der Waals surface area contributed by atoms with Crippen molar-refractivity contribution in [1.82, 2.24) is 0 Å². The number of carbonyl (C=O) groups excluding carboxylic acids is 1. The van der Waals surface area contributed by atoms with E-state index in [1.54, 1.807) is 91.0 Å². The molecule has 248 valence electrons. The Morgan fingerprint density at radius 3 is 1.27 bits per heavy atom. The molecule has 0 amide bonds. The van der Waals surface area contributed by atoms with E-state index in [4.69, 9.17) is 8.37 Å². The minimum atomic E-state index is -5.80. The third-order valence-corrected chi connectivity index (χ3v) is 13.4. The molecule has 45 heavy (non-hydrogen) atoms. The summed E-state index contributed by atoms with van der Waals surface area (Å²) in [7, 11) is -9.04. The van der Waals surface area contributed by atoms with Gasteiger partial charge in [-0.25, -0.2) is 8.42 Å². The Morgan fingerprint density at radius 2 is 0.911 bits per heavy atom. The first-order valence-electron chi connectivity index (χ1n) is 15.8. The number of hydrogen-bond acceptors (Lipinski definition) is 5. The summed E-state index contributed by atoms with van der Waals surface area (Å²) in [4.78, 5) is 13.7. The Kier molecular flexibility index (Phi) is 16.3. The van der Waals surface area contributed by atoms with Gasteiger partial charge in [-0.05, 0) is 64.0 Å². The van der Waals surface area contributed by atoms with Crippen molar-refractivity contribution >= 4 is 49.0 Å². The van der Waals surface area contributed by atoms with Crippen molar-refractivity contribution in [3.05, 3.63) is 91.0 Å². The number of carbonyl (C=O) groups is 1. The average Bonchev–Trinajstić information content (AvgIpc) is 3.06. The Morgan fingerprint density at radius 1 is 0.578 bits per heavy atom. The third kappa shape index (κ3) is 11.0. The molecule has 0 atom stereocenters. The summed E-state index contributed by atoms with van der Waals surface area (Å²) in [5, 5.41) is -4.90. The van der Waals surface area contributed by atoms with Gasteiger partial charge in [0.15, 0.2) is 0 Å². The number of alkyl halides is 3. The summed E-state index contributed by atoms with van der Waals surface area (Å²) in [5.74, 6) is -2.13. The Hall–Kier alpha value is -2.02. The molecule has 0 aliphatic rings. The van der Waals surface area contributed by atoms with Crippen LogP contribution < -0.4 is 0 Å². The fourth-order valence-electron chi connectivity index (χ4n) is 5.03. The maximum Gasteiger partial charge on any atom is 0.466 e. The summed E-state index contributed by atoms with van der Waals surface area (Å²) < 4.78 is 69.1. The maximum absolute atomic E-state index is 15.4. The summed E-state index contributed by atoms with van der Waals surface area (Å²) >= 11 is 2.42. The second-order valence-corrected chi connectivity index (χ2v) is 16.5. The molecule has 0 radical (unpaired) electrons. The van der Waals surface area contributed by atoms with Crippen molar-refractivity contribution in [2.45, 2.75) is 103 Å². The van der Waals surface area contributed by atoms with Gasteiger partial charge in [-0.2, -0.15) is 17.2 Å². The number of halogens is 3. The second kappa shape index (κ2) is 19.6. The van der Waals surface area contributed by atoms with E-state index in [-0.39, 0.29) is 6.61 Å². The van der Waals surface area contributed by atoms with Crippen LogP contribution in [0.15, 0.2) is 106 Å². The van der Waals surface area contributed by atoms with Crippen LogP contribution in [-0.4, -0.2) is 30.7 Å². The predicted octanol–water partition coefficient (Wildman–Crippen LogP) is 10.9. The Balaban J connectivity index is 1.56. The molecular formula is C35H45F2IO5S2. The van der Waals surface area contributed by atoms with Crippen molar-refractivity contribution in [1.29, 1.82) is 0 Å². The summed E-state index contributed by atoms with van der Waals surface area (Å²) in [6.45, 7) is -0.282. The van der Waals surface area contributed by atoms with Crippen LogP contribution in [0.1, 0.15) is 83.5 Å². The molecule has 0 heterocycles. The van der Waals surface area contributed by atoms with Crippen molar-refractivity contribution in [3.63, 3.8) is 0 Å². The van der Waals surface area contributed by atoms with Crippen LogP contribution in [0.25, 0.3) is 0 Å². The highest BCUT2D eigenvalue weighted by atomic mass is 127. The molecular weight excluding hydrogens is 729 g/mol. The SMILES string of the molecule is O=C(OCCCCCCCCCCCCCCCI)C(F)(F)S(=O)(=O)OS(c1ccccc1)(c1ccccc1)c1ccccc1. The molecule has 0 N–H and O–H groups in total. The quantitative estimate of drug-likeness (QED) is 0.0440. The smallest absolute Gasteiger partial charge is 0.460 e. The molecule has 0 unspecified atom stereocenters.